The molecule has 0 amide bonds. The van der Waals surface area contributed by atoms with Crippen LogP contribution in [0.5, 0.6) is 0 Å². The second-order valence-corrected chi connectivity index (χ2v) is 5.33. The van der Waals surface area contributed by atoms with Crippen molar-refractivity contribution in [3.8, 4) is 0 Å². The third-order valence-corrected chi connectivity index (χ3v) is 3.92. The second-order valence-electron chi connectivity index (χ2n) is 4.92. The SMILES string of the molecule is CNC(Cc1ccccc1Cl)c1cnc2ccccc2n1. The Morgan fingerprint density at radius 2 is 1.76 bits per heavy atom. The lowest BCUT2D eigenvalue weighted by atomic mass is 10.0. The third kappa shape index (κ3) is 3.04. The van der Waals surface area contributed by atoms with E-state index in [1.165, 1.54) is 0 Å². The van der Waals surface area contributed by atoms with Crippen molar-refractivity contribution in [2.45, 2.75) is 12.5 Å². The molecule has 0 bridgehead atoms. The van der Waals surface area contributed by atoms with Gasteiger partial charge in [-0.1, -0.05) is 41.9 Å². The minimum atomic E-state index is 0.0852. The molecule has 1 aromatic heterocycles. The van der Waals surface area contributed by atoms with Gasteiger partial charge in [0.05, 0.1) is 29.0 Å². The summed E-state index contributed by atoms with van der Waals surface area (Å²) in [5, 5.41) is 4.08. The number of fused-ring (bicyclic) bond motifs is 1. The predicted molar refractivity (Wildman–Crippen MR) is 86.5 cm³/mol. The summed E-state index contributed by atoms with van der Waals surface area (Å²) >= 11 is 6.24. The maximum absolute atomic E-state index is 6.24. The molecule has 0 aliphatic heterocycles. The van der Waals surface area contributed by atoms with E-state index in [1.807, 2.05) is 61.8 Å². The van der Waals surface area contributed by atoms with E-state index in [0.29, 0.717) is 0 Å². The molecule has 0 radical (unpaired) electrons. The molecule has 3 aromatic rings. The molecule has 0 saturated heterocycles. The minimum Gasteiger partial charge on any atom is -0.311 e. The highest BCUT2D eigenvalue weighted by atomic mass is 35.5. The Hall–Kier alpha value is -1.97. The number of nitrogens with zero attached hydrogens (tertiary/aromatic N) is 2. The lowest BCUT2D eigenvalue weighted by Crippen LogP contribution is -2.20. The topological polar surface area (TPSA) is 37.8 Å². The van der Waals surface area contributed by atoms with Gasteiger partial charge in [0.25, 0.3) is 0 Å². The number of aromatic nitrogens is 2. The maximum Gasteiger partial charge on any atom is 0.0890 e. The Morgan fingerprint density at radius 1 is 1.05 bits per heavy atom. The van der Waals surface area contributed by atoms with Gasteiger partial charge in [-0.3, -0.25) is 4.98 Å². The predicted octanol–water partition coefficient (Wildman–Crippen LogP) is 3.79. The summed E-state index contributed by atoms with van der Waals surface area (Å²) in [6.45, 7) is 0. The van der Waals surface area contributed by atoms with E-state index in [4.69, 9.17) is 16.6 Å². The first-order valence-electron chi connectivity index (χ1n) is 6.90. The van der Waals surface area contributed by atoms with Crippen molar-refractivity contribution in [3.63, 3.8) is 0 Å². The molecule has 1 atom stereocenters. The van der Waals surface area contributed by atoms with E-state index < -0.39 is 0 Å². The number of benzene rings is 2. The van der Waals surface area contributed by atoms with Crippen molar-refractivity contribution < 1.29 is 0 Å². The maximum atomic E-state index is 6.24. The molecular weight excluding hydrogens is 282 g/mol. The number of likely N-dealkylation sites (N-methyl/N-ethyl adjacent to an activating group) is 1. The number of rotatable bonds is 4. The van der Waals surface area contributed by atoms with Crippen LogP contribution in [0.4, 0.5) is 0 Å². The molecule has 1 unspecified atom stereocenters. The standard InChI is InChI=1S/C17H16ClN3/c1-19-16(10-12-6-2-3-7-13(12)18)17-11-20-14-8-4-5-9-15(14)21-17/h2-9,11,16,19H,10H2,1H3. The highest BCUT2D eigenvalue weighted by Crippen LogP contribution is 2.23. The van der Waals surface area contributed by atoms with E-state index in [-0.39, 0.29) is 6.04 Å². The first-order valence-corrected chi connectivity index (χ1v) is 7.28. The summed E-state index contributed by atoms with van der Waals surface area (Å²) in [7, 11) is 1.93. The number of hydrogen-bond acceptors (Lipinski definition) is 3. The molecule has 1 N–H and O–H groups in total. The van der Waals surface area contributed by atoms with E-state index in [0.717, 1.165) is 33.7 Å². The molecule has 0 fully saturated rings. The van der Waals surface area contributed by atoms with Gasteiger partial charge in [-0.05, 0) is 37.2 Å². The molecule has 4 heteroatoms. The molecule has 0 saturated carbocycles. The molecule has 3 rings (SSSR count). The summed E-state index contributed by atoms with van der Waals surface area (Å²) in [6, 6.07) is 15.9. The zero-order chi connectivity index (χ0) is 14.7. The highest BCUT2D eigenvalue weighted by molar-refractivity contribution is 6.31. The normalized spacial score (nSPS) is 12.5. The smallest absolute Gasteiger partial charge is 0.0890 e. The van der Waals surface area contributed by atoms with Crippen LogP contribution in [0.2, 0.25) is 5.02 Å². The van der Waals surface area contributed by atoms with Crippen LogP contribution in [0.1, 0.15) is 17.3 Å². The van der Waals surface area contributed by atoms with Crippen molar-refractivity contribution in [3.05, 3.63) is 71.0 Å². The first-order chi connectivity index (χ1) is 10.3. The third-order valence-electron chi connectivity index (χ3n) is 3.55. The molecule has 0 aliphatic rings. The average Bonchev–Trinajstić information content (AvgIpc) is 2.54. The van der Waals surface area contributed by atoms with E-state index in [9.17, 15) is 0 Å². The Labute approximate surface area is 129 Å². The molecular formula is C17H16ClN3. The van der Waals surface area contributed by atoms with Crippen molar-refractivity contribution in [1.29, 1.82) is 0 Å². The van der Waals surface area contributed by atoms with Crippen LogP contribution in [0, 0.1) is 0 Å². The van der Waals surface area contributed by atoms with E-state index in [2.05, 4.69) is 10.3 Å². The fraction of sp³-hybridized carbons (Fsp3) is 0.176. The van der Waals surface area contributed by atoms with Gasteiger partial charge in [-0.2, -0.15) is 0 Å². The van der Waals surface area contributed by atoms with Crippen molar-refractivity contribution in [2.24, 2.45) is 0 Å². The van der Waals surface area contributed by atoms with E-state index in [1.54, 1.807) is 0 Å². The molecule has 0 aliphatic carbocycles. The summed E-state index contributed by atoms with van der Waals surface area (Å²) in [6.07, 6.45) is 2.61. The van der Waals surface area contributed by atoms with Crippen LogP contribution in [-0.2, 0) is 6.42 Å². The fourth-order valence-corrected chi connectivity index (χ4v) is 2.59. The van der Waals surface area contributed by atoms with Crippen molar-refractivity contribution in [1.82, 2.24) is 15.3 Å². The van der Waals surface area contributed by atoms with Crippen LogP contribution < -0.4 is 5.32 Å². The number of para-hydroxylation sites is 2. The number of nitrogens with one attached hydrogen (secondary N) is 1. The van der Waals surface area contributed by atoms with Crippen LogP contribution in [0.3, 0.4) is 0 Å². The Kier molecular flexibility index (Phi) is 4.13. The van der Waals surface area contributed by atoms with Gasteiger partial charge in [0.15, 0.2) is 0 Å². The monoisotopic (exact) mass is 297 g/mol. The zero-order valence-electron chi connectivity index (χ0n) is 11.8. The Morgan fingerprint density at radius 3 is 2.52 bits per heavy atom. The highest BCUT2D eigenvalue weighted by Gasteiger charge is 2.14. The molecule has 3 nitrogen and oxygen atoms in total. The van der Waals surface area contributed by atoms with Gasteiger partial charge >= 0.3 is 0 Å². The van der Waals surface area contributed by atoms with Gasteiger partial charge in [-0.25, -0.2) is 4.98 Å². The van der Waals surface area contributed by atoms with Gasteiger partial charge < -0.3 is 5.32 Å². The van der Waals surface area contributed by atoms with E-state index >= 15 is 0 Å². The quantitative estimate of drug-likeness (QED) is 0.796. The summed E-state index contributed by atoms with van der Waals surface area (Å²) in [4.78, 5) is 9.18. The van der Waals surface area contributed by atoms with Crippen LogP contribution in [-0.4, -0.2) is 17.0 Å². The molecule has 0 spiro atoms. The molecule has 21 heavy (non-hydrogen) atoms. The van der Waals surface area contributed by atoms with Crippen LogP contribution in [0.25, 0.3) is 11.0 Å². The minimum absolute atomic E-state index is 0.0852. The molecule has 1 heterocycles. The van der Waals surface area contributed by atoms with Crippen LogP contribution in [0.15, 0.2) is 54.7 Å². The molecule has 2 aromatic carbocycles. The number of halogens is 1. The second kappa shape index (κ2) is 6.20. The Balaban J connectivity index is 1.93. The van der Waals surface area contributed by atoms with Crippen molar-refractivity contribution >= 4 is 22.6 Å². The summed E-state index contributed by atoms with van der Waals surface area (Å²) in [5.74, 6) is 0. The lowest BCUT2D eigenvalue weighted by molar-refractivity contribution is 0.576. The van der Waals surface area contributed by atoms with Gasteiger partial charge in [0.2, 0.25) is 0 Å². The summed E-state index contributed by atoms with van der Waals surface area (Å²) < 4.78 is 0. The lowest BCUT2D eigenvalue weighted by Gasteiger charge is -2.16. The molecule has 106 valence electrons. The summed E-state index contributed by atoms with van der Waals surface area (Å²) in [5.41, 5.74) is 3.85. The number of hydrogen-bond donors (Lipinski definition) is 1. The van der Waals surface area contributed by atoms with Gasteiger partial charge in [-0.15, -0.1) is 0 Å². The van der Waals surface area contributed by atoms with Crippen molar-refractivity contribution in [2.75, 3.05) is 7.05 Å². The van der Waals surface area contributed by atoms with Crippen LogP contribution >= 0.6 is 11.6 Å². The average molecular weight is 298 g/mol. The Bertz CT molecular complexity index is 758. The van der Waals surface area contributed by atoms with Gasteiger partial charge in [0.1, 0.15) is 0 Å². The zero-order valence-corrected chi connectivity index (χ0v) is 12.5. The fourth-order valence-electron chi connectivity index (χ4n) is 2.38. The largest absolute Gasteiger partial charge is 0.311 e. The van der Waals surface area contributed by atoms with Gasteiger partial charge in [0, 0.05) is 5.02 Å². The first kappa shape index (κ1) is 14.0.